The van der Waals surface area contributed by atoms with E-state index in [1.807, 2.05) is 6.07 Å². The summed E-state index contributed by atoms with van der Waals surface area (Å²) in [6.07, 6.45) is 21.9. The first-order valence-corrected chi connectivity index (χ1v) is 13.7. The minimum atomic E-state index is -0.676. The lowest BCUT2D eigenvalue weighted by Gasteiger charge is -2.47. The molecule has 3 fully saturated rings. The van der Waals surface area contributed by atoms with Gasteiger partial charge in [0.25, 0.3) is 0 Å². The second-order valence-corrected chi connectivity index (χ2v) is 11.8. The maximum Gasteiger partial charge on any atom is 0.162 e. The summed E-state index contributed by atoms with van der Waals surface area (Å²) in [4.78, 5) is 0. The van der Waals surface area contributed by atoms with E-state index < -0.39 is 11.6 Å². The Kier molecular flexibility index (Phi) is 7.05. The SMILES string of the molecule is C=CCCC1CCC(C2CCC3CC(C4CCc5c(ccc(F)c5F)C4)CCC3C2)CC1. The van der Waals surface area contributed by atoms with Gasteiger partial charge >= 0.3 is 0 Å². The largest absolute Gasteiger partial charge is 0.204 e. The Bertz CT molecular complexity index is 790. The summed E-state index contributed by atoms with van der Waals surface area (Å²) >= 11 is 0. The Balaban J connectivity index is 1.12. The molecule has 5 unspecified atom stereocenters. The van der Waals surface area contributed by atoms with Crippen molar-refractivity contribution in [1.29, 1.82) is 0 Å². The van der Waals surface area contributed by atoms with E-state index in [0.29, 0.717) is 11.5 Å². The number of rotatable bonds is 5. The van der Waals surface area contributed by atoms with E-state index in [0.717, 1.165) is 60.3 Å². The minimum Gasteiger partial charge on any atom is -0.204 e. The zero-order chi connectivity index (χ0) is 22.1. The fourth-order valence-corrected chi connectivity index (χ4v) is 8.33. The van der Waals surface area contributed by atoms with Gasteiger partial charge in [-0.05, 0) is 142 Å². The Hall–Kier alpha value is -1.18. The van der Waals surface area contributed by atoms with E-state index >= 15 is 0 Å². The van der Waals surface area contributed by atoms with Gasteiger partial charge in [-0.25, -0.2) is 8.78 Å². The molecule has 0 saturated heterocycles. The van der Waals surface area contributed by atoms with Gasteiger partial charge in [-0.3, -0.25) is 0 Å². The van der Waals surface area contributed by atoms with Crippen LogP contribution in [0.25, 0.3) is 0 Å². The van der Waals surface area contributed by atoms with E-state index in [2.05, 4.69) is 12.7 Å². The molecule has 0 N–H and O–H groups in total. The average Bonchev–Trinajstić information content (AvgIpc) is 2.84. The molecule has 176 valence electrons. The van der Waals surface area contributed by atoms with Crippen molar-refractivity contribution in [2.45, 2.75) is 96.3 Å². The molecule has 0 bridgehead atoms. The van der Waals surface area contributed by atoms with E-state index in [9.17, 15) is 8.78 Å². The highest BCUT2D eigenvalue weighted by molar-refractivity contribution is 5.32. The number of benzene rings is 1. The molecule has 2 heteroatoms. The molecule has 5 atom stereocenters. The predicted octanol–water partition coefficient (Wildman–Crippen LogP) is 8.67. The lowest BCUT2D eigenvalue weighted by atomic mass is 9.58. The summed E-state index contributed by atoms with van der Waals surface area (Å²) < 4.78 is 27.8. The first kappa shape index (κ1) is 22.6. The van der Waals surface area contributed by atoms with Crippen LogP contribution < -0.4 is 0 Å². The van der Waals surface area contributed by atoms with Crippen LogP contribution in [0, 0.1) is 53.1 Å². The van der Waals surface area contributed by atoms with Crippen molar-refractivity contribution in [2.75, 3.05) is 0 Å². The van der Waals surface area contributed by atoms with E-state index in [1.165, 1.54) is 83.1 Å². The van der Waals surface area contributed by atoms with Crippen molar-refractivity contribution < 1.29 is 8.78 Å². The van der Waals surface area contributed by atoms with Gasteiger partial charge in [-0.2, -0.15) is 0 Å². The summed E-state index contributed by atoms with van der Waals surface area (Å²) in [5, 5.41) is 0. The Labute approximate surface area is 194 Å². The minimum absolute atomic E-state index is 0.585. The van der Waals surface area contributed by atoms with Crippen LogP contribution in [0.3, 0.4) is 0 Å². The summed E-state index contributed by atoms with van der Waals surface area (Å²) in [5.74, 6) is 5.06. The van der Waals surface area contributed by atoms with Crippen LogP contribution in [-0.2, 0) is 12.8 Å². The molecule has 1 aromatic carbocycles. The molecule has 0 heterocycles. The third kappa shape index (κ3) is 4.71. The fraction of sp³-hybridized carbons (Fsp3) is 0.733. The summed E-state index contributed by atoms with van der Waals surface area (Å²) in [5.41, 5.74) is 1.74. The number of allylic oxidation sites excluding steroid dienone is 1. The molecule has 0 aliphatic heterocycles. The highest BCUT2D eigenvalue weighted by atomic mass is 19.2. The maximum absolute atomic E-state index is 14.2. The number of hydrogen-bond donors (Lipinski definition) is 0. The van der Waals surface area contributed by atoms with E-state index in [1.54, 1.807) is 0 Å². The molecule has 5 rings (SSSR count). The number of hydrogen-bond acceptors (Lipinski definition) is 0. The first-order chi connectivity index (χ1) is 15.6. The third-order valence-corrected chi connectivity index (χ3v) is 10.2. The van der Waals surface area contributed by atoms with Crippen molar-refractivity contribution in [1.82, 2.24) is 0 Å². The Morgan fingerprint density at radius 1 is 0.750 bits per heavy atom. The standard InChI is InChI=1S/C30H42F2/c1-2-3-4-20-5-7-21(8-6-20)22-9-10-24-18-25(12-11-23(24)17-22)26-13-15-28-27(19-26)14-16-29(31)30(28)32/h2,14,16,20-26H,1,3-13,15,17-19H2. The molecular formula is C30H42F2. The lowest BCUT2D eigenvalue weighted by Crippen LogP contribution is -2.37. The van der Waals surface area contributed by atoms with Crippen molar-refractivity contribution in [3.63, 3.8) is 0 Å². The average molecular weight is 441 g/mol. The van der Waals surface area contributed by atoms with Crippen LogP contribution in [0.4, 0.5) is 8.78 Å². The monoisotopic (exact) mass is 440 g/mol. The molecule has 4 aliphatic carbocycles. The first-order valence-electron chi connectivity index (χ1n) is 13.7. The number of fused-ring (bicyclic) bond motifs is 2. The molecule has 32 heavy (non-hydrogen) atoms. The highest BCUT2D eigenvalue weighted by Crippen LogP contribution is 2.51. The zero-order valence-electron chi connectivity index (χ0n) is 19.8. The van der Waals surface area contributed by atoms with Gasteiger partial charge < -0.3 is 0 Å². The van der Waals surface area contributed by atoms with Crippen molar-refractivity contribution in [3.8, 4) is 0 Å². The van der Waals surface area contributed by atoms with Crippen LogP contribution in [0.1, 0.15) is 94.6 Å². The Morgan fingerprint density at radius 3 is 2.00 bits per heavy atom. The van der Waals surface area contributed by atoms with Crippen molar-refractivity contribution in [3.05, 3.63) is 47.5 Å². The Morgan fingerprint density at radius 2 is 1.34 bits per heavy atom. The molecule has 4 aliphatic rings. The van der Waals surface area contributed by atoms with Crippen LogP contribution in [0.2, 0.25) is 0 Å². The van der Waals surface area contributed by atoms with Crippen molar-refractivity contribution in [2.24, 2.45) is 41.4 Å². The van der Waals surface area contributed by atoms with E-state index in [4.69, 9.17) is 0 Å². The van der Waals surface area contributed by atoms with Gasteiger partial charge in [0.1, 0.15) is 0 Å². The van der Waals surface area contributed by atoms with E-state index in [-0.39, 0.29) is 0 Å². The quantitative estimate of drug-likeness (QED) is 0.402. The lowest BCUT2D eigenvalue weighted by molar-refractivity contribution is 0.0440. The van der Waals surface area contributed by atoms with Crippen molar-refractivity contribution >= 4 is 0 Å². The molecular weight excluding hydrogens is 398 g/mol. The van der Waals surface area contributed by atoms with Gasteiger partial charge in [0.2, 0.25) is 0 Å². The molecule has 0 amide bonds. The van der Waals surface area contributed by atoms with Crippen LogP contribution in [-0.4, -0.2) is 0 Å². The second-order valence-electron chi connectivity index (χ2n) is 11.8. The van der Waals surface area contributed by atoms with Crippen LogP contribution >= 0.6 is 0 Å². The van der Waals surface area contributed by atoms with Gasteiger partial charge in [-0.15, -0.1) is 6.58 Å². The third-order valence-electron chi connectivity index (χ3n) is 10.2. The normalized spacial score (nSPS) is 37.4. The molecule has 0 spiro atoms. The molecule has 0 aromatic heterocycles. The van der Waals surface area contributed by atoms with Crippen LogP contribution in [0.15, 0.2) is 24.8 Å². The fourth-order valence-electron chi connectivity index (χ4n) is 8.33. The summed E-state index contributed by atoms with van der Waals surface area (Å²) in [6, 6.07) is 3.19. The zero-order valence-corrected chi connectivity index (χ0v) is 19.8. The van der Waals surface area contributed by atoms with Gasteiger partial charge in [-0.1, -0.05) is 25.0 Å². The molecule has 0 nitrogen and oxygen atoms in total. The predicted molar refractivity (Wildman–Crippen MR) is 128 cm³/mol. The molecule has 3 saturated carbocycles. The molecule has 0 radical (unpaired) electrons. The highest BCUT2D eigenvalue weighted by Gasteiger charge is 2.41. The smallest absolute Gasteiger partial charge is 0.162 e. The van der Waals surface area contributed by atoms with Gasteiger partial charge in [0, 0.05) is 0 Å². The van der Waals surface area contributed by atoms with Gasteiger partial charge in [0.15, 0.2) is 11.6 Å². The number of halogens is 2. The maximum atomic E-state index is 14.2. The topological polar surface area (TPSA) is 0 Å². The summed E-state index contributed by atoms with van der Waals surface area (Å²) in [7, 11) is 0. The van der Waals surface area contributed by atoms with Gasteiger partial charge in [0.05, 0.1) is 0 Å². The second kappa shape index (κ2) is 9.98. The van der Waals surface area contributed by atoms with Crippen LogP contribution in [0.5, 0.6) is 0 Å². The summed E-state index contributed by atoms with van der Waals surface area (Å²) in [6.45, 7) is 3.89. The molecule has 1 aromatic rings.